The van der Waals surface area contributed by atoms with Crippen LogP contribution in [0, 0.1) is 0 Å². The van der Waals surface area contributed by atoms with Crippen LogP contribution < -0.4 is 11.5 Å². The second kappa shape index (κ2) is 7.60. The summed E-state index contributed by atoms with van der Waals surface area (Å²) in [7, 11) is 0. The Morgan fingerprint density at radius 3 is 1.22 bits per heavy atom. The molecule has 0 spiro atoms. The Kier molecular flexibility index (Phi) is 4.86. The summed E-state index contributed by atoms with van der Waals surface area (Å²) in [5, 5.41) is 0. The second-order valence-electron chi connectivity index (χ2n) is 6.34. The van der Waals surface area contributed by atoms with E-state index in [0.717, 1.165) is 22.5 Å². The van der Waals surface area contributed by atoms with Crippen molar-refractivity contribution >= 4 is 23.1 Å². The summed E-state index contributed by atoms with van der Waals surface area (Å²) in [5.41, 5.74) is 18.0. The van der Waals surface area contributed by atoms with Crippen molar-refractivity contribution in [1.82, 2.24) is 0 Å². The zero-order valence-corrected chi connectivity index (χ0v) is 15.6. The van der Waals surface area contributed by atoms with Gasteiger partial charge in [0.25, 0.3) is 0 Å². The zero-order valence-electron chi connectivity index (χ0n) is 14.8. The number of hydrogen-bond donors (Lipinski definition) is 2. The molecular formula is C24H20N2S. The van der Waals surface area contributed by atoms with Crippen molar-refractivity contribution in [1.29, 1.82) is 0 Å². The maximum absolute atomic E-state index is 5.85. The third-order valence-electron chi connectivity index (χ3n) is 4.44. The molecule has 4 aromatic carbocycles. The van der Waals surface area contributed by atoms with Gasteiger partial charge in [0.15, 0.2) is 0 Å². The molecule has 0 amide bonds. The van der Waals surface area contributed by atoms with E-state index in [1.165, 1.54) is 20.9 Å². The molecule has 2 nitrogen and oxygen atoms in total. The van der Waals surface area contributed by atoms with Crippen molar-refractivity contribution in [2.75, 3.05) is 11.5 Å². The van der Waals surface area contributed by atoms with E-state index in [-0.39, 0.29) is 0 Å². The van der Waals surface area contributed by atoms with Gasteiger partial charge in [0.05, 0.1) is 0 Å². The summed E-state index contributed by atoms with van der Waals surface area (Å²) in [5.74, 6) is 0. The van der Waals surface area contributed by atoms with Crippen molar-refractivity contribution in [3.8, 4) is 22.3 Å². The molecular weight excluding hydrogens is 348 g/mol. The monoisotopic (exact) mass is 368 g/mol. The van der Waals surface area contributed by atoms with Gasteiger partial charge in [-0.1, -0.05) is 72.4 Å². The number of nitrogen functional groups attached to an aromatic ring is 2. The molecule has 0 unspecified atom stereocenters. The van der Waals surface area contributed by atoms with Crippen molar-refractivity contribution in [3.05, 3.63) is 97.1 Å². The number of rotatable bonds is 4. The highest BCUT2D eigenvalue weighted by atomic mass is 32.2. The van der Waals surface area contributed by atoms with Gasteiger partial charge < -0.3 is 11.5 Å². The lowest BCUT2D eigenvalue weighted by molar-refractivity contribution is 1.39. The molecule has 4 aromatic rings. The van der Waals surface area contributed by atoms with Crippen LogP contribution in [0.3, 0.4) is 0 Å². The highest BCUT2D eigenvalue weighted by Gasteiger charge is 2.10. The van der Waals surface area contributed by atoms with E-state index >= 15 is 0 Å². The zero-order chi connectivity index (χ0) is 18.6. The van der Waals surface area contributed by atoms with E-state index in [1.807, 2.05) is 24.3 Å². The molecule has 0 fully saturated rings. The Bertz CT molecular complexity index is 967. The summed E-state index contributed by atoms with van der Waals surface area (Å²) >= 11 is 1.78. The fraction of sp³-hybridized carbons (Fsp3) is 0. The molecule has 0 saturated carbocycles. The fourth-order valence-electron chi connectivity index (χ4n) is 3.03. The Labute approximate surface area is 163 Å². The quantitative estimate of drug-likeness (QED) is 0.413. The molecule has 0 radical (unpaired) electrons. The van der Waals surface area contributed by atoms with E-state index in [2.05, 4.69) is 72.8 Å². The number of nitrogens with two attached hydrogens (primary N) is 2. The fourth-order valence-corrected chi connectivity index (χ4v) is 4.15. The van der Waals surface area contributed by atoms with Crippen LogP contribution in [0.25, 0.3) is 22.3 Å². The predicted molar refractivity (Wildman–Crippen MR) is 117 cm³/mol. The van der Waals surface area contributed by atoms with E-state index in [9.17, 15) is 0 Å². The molecule has 0 aliphatic heterocycles. The molecule has 0 bridgehead atoms. The Hall–Kier alpha value is -3.17. The average Bonchev–Trinajstić information content (AvgIpc) is 2.70. The molecule has 27 heavy (non-hydrogen) atoms. The minimum absolute atomic E-state index is 0.776. The second-order valence-corrected chi connectivity index (χ2v) is 7.42. The van der Waals surface area contributed by atoms with Gasteiger partial charge in [0, 0.05) is 21.2 Å². The number of anilines is 2. The topological polar surface area (TPSA) is 52.0 Å². The van der Waals surface area contributed by atoms with E-state index in [0.29, 0.717) is 0 Å². The standard InChI is InChI=1S/C24H20N2S/c25-19-13-9-17(10-14-19)21-5-1-3-7-23(21)27-24-8-4-2-6-22(24)18-11-15-20(26)16-12-18/h1-16H,25-26H2. The predicted octanol–water partition coefficient (Wildman–Crippen LogP) is 6.34. The normalized spacial score (nSPS) is 10.7. The highest BCUT2D eigenvalue weighted by Crippen LogP contribution is 2.40. The molecule has 0 atom stereocenters. The first kappa shape index (κ1) is 17.3. The molecule has 3 heteroatoms. The van der Waals surface area contributed by atoms with Crippen molar-refractivity contribution in [2.24, 2.45) is 0 Å². The SMILES string of the molecule is Nc1ccc(-c2ccccc2Sc2ccccc2-c2ccc(N)cc2)cc1. The van der Waals surface area contributed by atoms with Gasteiger partial charge in [-0.25, -0.2) is 0 Å². The molecule has 0 aliphatic rings. The summed E-state index contributed by atoms with van der Waals surface area (Å²) in [6, 6.07) is 33.0. The van der Waals surface area contributed by atoms with Gasteiger partial charge in [0.1, 0.15) is 0 Å². The number of benzene rings is 4. The van der Waals surface area contributed by atoms with Crippen molar-refractivity contribution < 1.29 is 0 Å². The lowest BCUT2D eigenvalue weighted by atomic mass is 10.1. The van der Waals surface area contributed by atoms with E-state index in [1.54, 1.807) is 11.8 Å². The summed E-state index contributed by atoms with van der Waals surface area (Å²) in [6.07, 6.45) is 0. The van der Waals surface area contributed by atoms with Gasteiger partial charge in [-0.15, -0.1) is 0 Å². The van der Waals surface area contributed by atoms with Crippen LogP contribution in [0.5, 0.6) is 0 Å². The van der Waals surface area contributed by atoms with Gasteiger partial charge >= 0.3 is 0 Å². The molecule has 0 aliphatic carbocycles. The van der Waals surface area contributed by atoms with Crippen molar-refractivity contribution in [2.45, 2.75) is 9.79 Å². The van der Waals surface area contributed by atoms with Crippen LogP contribution in [0.1, 0.15) is 0 Å². The molecule has 0 saturated heterocycles. The first-order valence-electron chi connectivity index (χ1n) is 8.78. The first-order chi connectivity index (χ1) is 13.2. The van der Waals surface area contributed by atoms with E-state index in [4.69, 9.17) is 11.5 Å². The highest BCUT2D eigenvalue weighted by molar-refractivity contribution is 7.99. The van der Waals surface area contributed by atoms with Crippen molar-refractivity contribution in [3.63, 3.8) is 0 Å². The van der Waals surface area contributed by atoms with Crippen LogP contribution in [0.15, 0.2) is 107 Å². The summed E-state index contributed by atoms with van der Waals surface area (Å²) < 4.78 is 0. The first-order valence-corrected chi connectivity index (χ1v) is 9.60. The van der Waals surface area contributed by atoms with Crippen LogP contribution in [-0.2, 0) is 0 Å². The lowest BCUT2D eigenvalue weighted by Crippen LogP contribution is -1.88. The Morgan fingerprint density at radius 2 is 0.815 bits per heavy atom. The van der Waals surface area contributed by atoms with Gasteiger partial charge in [-0.2, -0.15) is 0 Å². The van der Waals surface area contributed by atoms with E-state index < -0.39 is 0 Å². The summed E-state index contributed by atoms with van der Waals surface area (Å²) in [4.78, 5) is 2.43. The maximum Gasteiger partial charge on any atom is 0.0314 e. The summed E-state index contributed by atoms with van der Waals surface area (Å²) in [6.45, 7) is 0. The Morgan fingerprint density at radius 1 is 0.444 bits per heavy atom. The smallest absolute Gasteiger partial charge is 0.0314 e. The molecule has 4 N–H and O–H groups in total. The van der Waals surface area contributed by atoms with Crippen LogP contribution in [0.4, 0.5) is 11.4 Å². The van der Waals surface area contributed by atoms with Gasteiger partial charge in [-0.3, -0.25) is 0 Å². The van der Waals surface area contributed by atoms with Crippen LogP contribution in [0.2, 0.25) is 0 Å². The van der Waals surface area contributed by atoms with Gasteiger partial charge in [-0.05, 0) is 58.7 Å². The molecule has 0 aromatic heterocycles. The molecule has 0 heterocycles. The third-order valence-corrected chi connectivity index (χ3v) is 5.59. The van der Waals surface area contributed by atoms with Gasteiger partial charge in [0.2, 0.25) is 0 Å². The maximum atomic E-state index is 5.85. The minimum Gasteiger partial charge on any atom is -0.399 e. The van der Waals surface area contributed by atoms with Crippen LogP contribution in [-0.4, -0.2) is 0 Å². The lowest BCUT2D eigenvalue weighted by Gasteiger charge is -2.13. The molecule has 4 rings (SSSR count). The Balaban J connectivity index is 1.74. The molecule has 132 valence electrons. The minimum atomic E-state index is 0.776. The average molecular weight is 369 g/mol. The number of hydrogen-bond acceptors (Lipinski definition) is 3. The third kappa shape index (κ3) is 3.83. The van der Waals surface area contributed by atoms with Crippen LogP contribution >= 0.6 is 11.8 Å². The largest absolute Gasteiger partial charge is 0.399 e.